The molecule has 1 heterocycles. The van der Waals surface area contributed by atoms with Crippen LogP contribution in [0.1, 0.15) is 32.4 Å². The molecule has 1 fully saturated rings. The molecule has 1 aliphatic rings. The zero-order chi connectivity index (χ0) is 17.7. The predicted molar refractivity (Wildman–Crippen MR) is 94.2 cm³/mol. The Hall–Kier alpha value is -1.79. The summed E-state index contributed by atoms with van der Waals surface area (Å²) in [7, 11) is 1.67. The second-order valence-corrected chi connectivity index (χ2v) is 7.00. The number of ether oxygens (including phenoxy) is 2. The van der Waals surface area contributed by atoms with E-state index in [4.69, 9.17) is 15.2 Å². The first-order valence-electron chi connectivity index (χ1n) is 8.40. The normalized spacial score (nSPS) is 17.5. The minimum atomic E-state index is -0.467. The van der Waals surface area contributed by atoms with E-state index in [1.54, 1.807) is 12.0 Å². The molecule has 6 nitrogen and oxygen atoms in total. The van der Waals surface area contributed by atoms with Gasteiger partial charge < -0.3 is 20.1 Å². The highest BCUT2D eigenvalue weighted by Gasteiger charge is 2.29. The summed E-state index contributed by atoms with van der Waals surface area (Å²) in [5, 5.41) is 0. The number of rotatable bonds is 4. The summed E-state index contributed by atoms with van der Waals surface area (Å²) in [6.07, 6.45) is -0.247. The van der Waals surface area contributed by atoms with Crippen LogP contribution in [0, 0.1) is 0 Å². The van der Waals surface area contributed by atoms with E-state index < -0.39 is 5.60 Å². The summed E-state index contributed by atoms with van der Waals surface area (Å²) >= 11 is 0. The monoisotopic (exact) mass is 335 g/mol. The van der Waals surface area contributed by atoms with E-state index in [-0.39, 0.29) is 12.1 Å². The molecule has 24 heavy (non-hydrogen) atoms. The Labute approximate surface area is 144 Å². The van der Waals surface area contributed by atoms with Crippen LogP contribution in [-0.4, -0.2) is 61.3 Å². The zero-order valence-electron chi connectivity index (χ0n) is 15.1. The van der Waals surface area contributed by atoms with Gasteiger partial charge in [-0.05, 0) is 26.8 Å². The smallest absolute Gasteiger partial charge is 0.410 e. The Morgan fingerprint density at radius 1 is 1.21 bits per heavy atom. The number of methoxy groups -OCH3 is 1. The van der Waals surface area contributed by atoms with Crippen LogP contribution in [0.4, 0.5) is 4.79 Å². The van der Waals surface area contributed by atoms with Crippen molar-refractivity contribution in [2.45, 2.75) is 32.4 Å². The molecule has 6 heteroatoms. The molecule has 2 rings (SSSR count). The average molecular weight is 335 g/mol. The van der Waals surface area contributed by atoms with Gasteiger partial charge in [0.15, 0.2) is 0 Å². The van der Waals surface area contributed by atoms with Crippen LogP contribution in [0.2, 0.25) is 0 Å². The fourth-order valence-electron chi connectivity index (χ4n) is 2.96. The number of carbonyl (C=O) groups is 1. The van der Waals surface area contributed by atoms with E-state index in [9.17, 15) is 4.79 Å². The van der Waals surface area contributed by atoms with Gasteiger partial charge in [-0.25, -0.2) is 4.79 Å². The molecule has 1 unspecified atom stereocenters. The molecule has 0 radical (unpaired) electrons. The molecule has 0 spiro atoms. The third-order valence-corrected chi connectivity index (χ3v) is 4.13. The van der Waals surface area contributed by atoms with Crippen LogP contribution in [0.5, 0.6) is 5.75 Å². The van der Waals surface area contributed by atoms with Gasteiger partial charge in [0, 0.05) is 38.3 Å². The zero-order valence-corrected chi connectivity index (χ0v) is 15.1. The molecule has 2 N–H and O–H groups in total. The van der Waals surface area contributed by atoms with Crippen molar-refractivity contribution >= 4 is 6.09 Å². The van der Waals surface area contributed by atoms with Crippen LogP contribution >= 0.6 is 0 Å². The lowest BCUT2D eigenvalue weighted by Crippen LogP contribution is -2.51. The lowest BCUT2D eigenvalue weighted by molar-refractivity contribution is 0.0105. The first-order valence-corrected chi connectivity index (χ1v) is 8.40. The molecule has 134 valence electrons. The fourth-order valence-corrected chi connectivity index (χ4v) is 2.96. The molecule has 0 saturated carbocycles. The van der Waals surface area contributed by atoms with Crippen LogP contribution in [0.25, 0.3) is 0 Å². The topological polar surface area (TPSA) is 68.0 Å². The minimum absolute atomic E-state index is 0.0851. The maximum atomic E-state index is 12.2. The number of nitrogens with two attached hydrogens (primary N) is 1. The van der Waals surface area contributed by atoms with Crippen LogP contribution in [0.15, 0.2) is 24.3 Å². The van der Waals surface area contributed by atoms with E-state index >= 15 is 0 Å². The Bertz CT molecular complexity index is 549. The van der Waals surface area contributed by atoms with E-state index in [1.807, 2.05) is 39.0 Å². The van der Waals surface area contributed by atoms with Gasteiger partial charge in [0.05, 0.1) is 13.2 Å². The number of hydrogen-bond donors (Lipinski definition) is 1. The Balaban J connectivity index is 2.01. The molecule has 0 aliphatic carbocycles. The van der Waals surface area contributed by atoms with Crippen LogP contribution in [-0.2, 0) is 4.74 Å². The standard InChI is InChI=1S/C18H29N3O3/c1-18(2,3)24-17(22)21-11-9-20(10-12-21)15(13-19)14-7-5-6-8-16(14)23-4/h5-8,15H,9-13,19H2,1-4H3. The Morgan fingerprint density at radius 3 is 2.38 bits per heavy atom. The van der Waals surface area contributed by atoms with E-state index in [2.05, 4.69) is 11.0 Å². The number of carbonyl (C=O) groups excluding carboxylic acids is 1. The van der Waals surface area contributed by atoms with E-state index in [0.29, 0.717) is 19.6 Å². The summed E-state index contributed by atoms with van der Waals surface area (Å²) in [4.78, 5) is 16.2. The van der Waals surface area contributed by atoms with Crippen molar-refractivity contribution in [2.24, 2.45) is 5.73 Å². The van der Waals surface area contributed by atoms with Gasteiger partial charge in [0.1, 0.15) is 11.4 Å². The molecular formula is C18H29N3O3. The second-order valence-electron chi connectivity index (χ2n) is 7.00. The lowest BCUT2D eigenvalue weighted by Gasteiger charge is -2.39. The maximum Gasteiger partial charge on any atom is 0.410 e. The average Bonchev–Trinajstić information content (AvgIpc) is 2.55. The minimum Gasteiger partial charge on any atom is -0.496 e. The van der Waals surface area contributed by atoms with Crippen molar-refractivity contribution in [1.82, 2.24) is 9.80 Å². The quantitative estimate of drug-likeness (QED) is 0.914. The van der Waals surface area contributed by atoms with Crippen molar-refractivity contribution in [2.75, 3.05) is 39.8 Å². The van der Waals surface area contributed by atoms with E-state index in [0.717, 1.165) is 24.4 Å². The highest BCUT2D eigenvalue weighted by atomic mass is 16.6. The summed E-state index contributed by atoms with van der Waals surface area (Å²) < 4.78 is 10.9. The SMILES string of the molecule is COc1ccccc1C(CN)N1CCN(C(=O)OC(C)(C)C)CC1. The molecule has 1 saturated heterocycles. The van der Waals surface area contributed by atoms with Crippen molar-refractivity contribution in [1.29, 1.82) is 0 Å². The summed E-state index contributed by atoms with van der Waals surface area (Å²) in [5.74, 6) is 0.850. The largest absolute Gasteiger partial charge is 0.496 e. The predicted octanol–water partition coefficient (Wildman–Crippen LogP) is 2.25. The molecule has 1 aliphatic heterocycles. The highest BCUT2D eigenvalue weighted by Crippen LogP contribution is 2.29. The summed E-state index contributed by atoms with van der Waals surface area (Å²) in [6, 6.07) is 8.04. The van der Waals surface area contributed by atoms with Gasteiger partial charge in [-0.15, -0.1) is 0 Å². The Kier molecular flexibility index (Phi) is 6.07. The maximum absolute atomic E-state index is 12.2. The number of hydrogen-bond acceptors (Lipinski definition) is 5. The number of benzene rings is 1. The molecule has 1 amide bonds. The van der Waals surface area contributed by atoms with Gasteiger partial charge in [-0.3, -0.25) is 4.90 Å². The lowest BCUT2D eigenvalue weighted by atomic mass is 10.0. The van der Waals surface area contributed by atoms with Gasteiger partial charge >= 0.3 is 6.09 Å². The van der Waals surface area contributed by atoms with Gasteiger partial charge in [-0.2, -0.15) is 0 Å². The first kappa shape index (κ1) is 18.5. The highest BCUT2D eigenvalue weighted by molar-refractivity contribution is 5.68. The van der Waals surface area contributed by atoms with Crippen molar-refractivity contribution in [3.05, 3.63) is 29.8 Å². The first-order chi connectivity index (χ1) is 11.4. The molecule has 1 atom stereocenters. The Morgan fingerprint density at radius 2 is 1.83 bits per heavy atom. The molecular weight excluding hydrogens is 306 g/mol. The molecule has 1 aromatic carbocycles. The number of amides is 1. The van der Waals surface area contributed by atoms with Gasteiger partial charge in [-0.1, -0.05) is 18.2 Å². The number of piperazine rings is 1. The third kappa shape index (κ3) is 4.61. The van der Waals surface area contributed by atoms with Gasteiger partial charge in [0.25, 0.3) is 0 Å². The summed E-state index contributed by atoms with van der Waals surface area (Å²) in [6.45, 7) is 8.96. The van der Waals surface area contributed by atoms with Crippen LogP contribution < -0.4 is 10.5 Å². The van der Waals surface area contributed by atoms with Crippen molar-refractivity contribution in [3.8, 4) is 5.75 Å². The van der Waals surface area contributed by atoms with Crippen molar-refractivity contribution in [3.63, 3.8) is 0 Å². The molecule has 0 aromatic heterocycles. The van der Waals surface area contributed by atoms with Crippen molar-refractivity contribution < 1.29 is 14.3 Å². The molecule has 0 bridgehead atoms. The summed E-state index contributed by atoms with van der Waals surface area (Å²) in [5.41, 5.74) is 6.66. The number of para-hydroxylation sites is 1. The van der Waals surface area contributed by atoms with Gasteiger partial charge in [0.2, 0.25) is 0 Å². The fraction of sp³-hybridized carbons (Fsp3) is 0.611. The third-order valence-electron chi connectivity index (χ3n) is 4.13. The van der Waals surface area contributed by atoms with E-state index in [1.165, 1.54) is 0 Å². The number of nitrogens with zero attached hydrogens (tertiary/aromatic N) is 2. The second kappa shape index (κ2) is 7.85. The molecule has 1 aromatic rings. The van der Waals surface area contributed by atoms with Crippen LogP contribution in [0.3, 0.4) is 0 Å².